The lowest BCUT2D eigenvalue weighted by molar-refractivity contribution is -0.138. The third-order valence-corrected chi connectivity index (χ3v) is 4.34. The Kier molecular flexibility index (Phi) is 8.79. The van der Waals surface area contributed by atoms with E-state index in [0.29, 0.717) is 23.4 Å². The van der Waals surface area contributed by atoms with Gasteiger partial charge >= 0.3 is 5.97 Å². The molecule has 0 unspecified atom stereocenters. The molecular weight excluding hydrogens is 340 g/mol. The molecule has 0 heterocycles. The fourth-order valence-corrected chi connectivity index (χ4v) is 2.78. The van der Waals surface area contributed by atoms with E-state index in [-0.39, 0.29) is 6.61 Å². The number of rotatable bonds is 8. The molecule has 5 nitrogen and oxygen atoms in total. The number of hydrogen-bond acceptors (Lipinski definition) is 5. The van der Waals surface area contributed by atoms with Gasteiger partial charge in [-0.2, -0.15) is 0 Å². The van der Waals surface area contributed by atoms with Crippen molar-refractivity contribution in [2.45, 2.75) is 54.4 Å². The second kappa shape index (κ2) is 10.6. The molecule has 1 aromatic carbocycles. The molecule has 0 aliphatic heterocycles. The van der Waals surface area contributed by atoms with E-state index < -0.39 is 5.97 Å². The zero-order chi connectivity index (χ0) is 20.6. The van der Waals surface area contributed by atoms with Gasteiger partial charge in [-0.3, -0.25) is 4.99 Å². The Morgan fingerprint density at radius 2 is 1.89 bits per heavy atom. The minimum absolute atomic E-state index is 0.289. The number of allylic oxidation sites excluding steroid dienone is 1. The van der Waals surface area contributed by atoms with Crippen LogP contribution in [0.15, 0.2) is 34.5 Å². The van der Waals surface area contributed by atoms with Crippen molar-refractivity contribution in [3.05, 3.63) is 46.2 Å². The Labute approximate surface area is 163 Å². The molecular formula is C22H32N2O3. The predicted octanol–water partition coefficient (Wildman–Crippen LogP) is 4.71. The molecule has 0 amide bonds. The van der Waals surface area contributed by atoms with Crippen molar-refractivity contribution in [3.8, 4) is 5.75 Å². The van der Waals surface area contributed by atoms with Crippen molar-refractivity contribution in [2.24, 2.45) is 10.7 Å². The number of benzene rings is 1. The van der Waals surface area contributed by atoms with Gasteiger partial charge in [-0.05, 0) is 52.2 Å². The van der Waals surface area contributed by atoms with Crippen molar-refractivity contribution in [1.82, 2.24) is 0 Å². The molecule has 0 saturated carbocycles. The highest BCUT2D eigenvalue weighted by Crippen LogP contribution is 2.33. The second-order valence-electron chi connectivity index (χ2n) is 6.29. The van der Waals surface area contributed by atoms with E-state index in [2.05, 4.69) is 0 Å². The van der Waals surface area contributed by atoms with E-state index in [1.54, 1.807) is 20.1 Å². The average molecular weight is 373 g/mol. The summed E-state index contributed by atoms with van der Waals surface area (Å²) in [6.07, 6.45) is 3.23. The van der Waals surface area contributed by atoms with E-state index in [4.69, 9.17) is 20.2 Å². The summed E-state index contributed by atoms with van der Waals surface area (Å²) in [5.74, 6) is 0.319. The maximum Gasteiger partial charge on any atom is 0.339 e. The van der Waals surface area contributed by atoms with Crippen LogP contribution < -0.4 is 10.5 Å². The number of carbonyl (C=O) groups is 1. The van der Waals surface area contributed by atoms with Crippen molar-refractivity contribution < 1.29 is 14.3 Å². The van der Waals surface area contributed by atoms with Gasteiger partial charge in [-0.1, -0.05) is 26.0 Å². The summed E-state index contributed by atoms with van der Waals surface area (Å²) in [7, 11) is 1.63. The topological polar surface area (TPSA) is 73.9 Å². The molecule has 148 valence electrons. The van der Waals surface area contributed by atoms with Gasteiger partial charge in [0.15, 0.2) is 0 Å². The zero-order valence-electron chi connectivity index (χ0n) is 17.6. The van der Waals surface area contributed by atoms with Gasteiger partial charge in [0, 0.05) is 16.8 Å². The monoisotopic (exact) mass is 372 g/mol. The first-order valence-electron chi connectivity index (χ1n) is 9.38. The summed E-state index contributed by atoms with van der Waals surface area (Å²) in [5.41, 5.74) is 11.5. The van der Waals surface area contributed by atoms with Crippen LogP contribution in [0.5, 0.6) is 5.75 Å². The van der Waals surface area contributed by atoms with Gasteiger partial charge in [0.2, 0.25) is 0 Å². The molecule has 27 heavy (non-hydrogen) atoms. The summed E-state index contributed by atoms with van der Waals surface area (Å²) >= 11 is 0. The number of aliphatic imine (C=N–C) groups is 1. The van der Waals surface area contributed by atoms with Crippen LogP contribution in [-0.2, 0) is 9.53 Å². The van der Waals surface area contributed by atoms with Crippen molar-refractivity contribution in [3.63, 3.8) is 0 Å². The smallest absolute Gasteiger partial charge is 0.339 e. The molecule has 1 aromatic rings. The van der Waals surface area contributed by atoms with Crippen LogP contribution in [0.2, 0.25) is 0 Å². The number of esters is 1. The Balaban J connectivity index is 3.84. The minimum Gasteiger partial charge on any atom is -0.496 e. The molecule has 0 bridgehead atoms. The normalized spacial score (nSPS) is 13.3. The van der Waals surface area contributed by atoms with Gasteiger partial charge in [0.1, 0.15) is 5.75 Å². The van der Waals surface area contributed by atoms with Gasteiger partial charge < -0.3 is 15.2 Å². The van der Waals surface area contributed by atoms with Gasteiger partial charge in [-0.25, -0.2) is 4.79 Å². The summed E-state index contributed by atoms with van der Waals surface area (Å²) in [5, 5.41) is 0. The fraction of sp³-hybridized carbons (Fsp3) is 0.455. The molecule has 2 N–H and O–H groups in total. The lowest BCUT2D eigenvalue weighted by Gasteiger charge is -2.18. The standard InChI is InChI=1S/C22H32N2O3/c1-8-11-17(22(25)27-10-3)20(23)21(24-15(5)9-2)19-14(4)12-13-18(26-7)16(19)6/h11-13H,8-10,23H2,1-7H3/b17-11-,21-20+,24-15?. The van der Waals surface area contributed by atoms with Crippen LogP contribution in [-0.4, -0.2) is 25.4 Å². The minimum atomic E-state index is -0.433. The molecule has 0 aliphatic carbocycles. The molecule has 5 heteroatoms. The number of methoxy groups -OCH3 is 1. The molecule has 0 aliphatic rings. The van der Waals surface area contributed by atoms with E-state index in [1.807, 2.05) is 46.8 Å². The van der Waals surface area contributed by atoms with Gasteiger partial charge in [0.05, 0.1) is 30.7 Å². The van der Waals surface area contributed by atoms with E-state index in [0.717, 1.165) is 34.6 Å². The molecule has 0 fully saturated rings. The Morgan fingerprint density at radius 3 is 2.41 bits per heavy atom. The summed E-state index contributed by atoms with van der Waals surface area (Å²) in [6.45, 7) is 12.0. The molecule has 0 aromatic heterocycles. The van der Waals surface area contributed by atoms with Gasteiger partial charge in [0.25, 0.3) is 0 Å². The van der Waals surface area contributed by atoms with E-state index in [9.17, 15) is 4.79 Å². The maximum atomic E-state index is 12.5. The number of ether oxygens (including phenoxy) is 2. The van der Waals surface area contributed by atoms with E-state index in [1.165, 1.54) is 0 Å². The highest BCUT2D eigenvalue weighted by atomic mass is 16.5. The third kappa shape index (κ3) is 5.46. The highest BCUT2D eigenvalue weighted by Gasteiger charge is 2.21. The van der Waals surface area contributed by atoms with Crippen LogP contribution >= 0.6 is 0 Å². The number of carbonyl (C=O) groups excluding carboxylic acids is 1. The third-order valence-electron chi connectivity index (χ3n) is 4.34. The molecule has 0 atom stereocenters. The van der Waals surface area contributed by atoms with Crippen LogP contribution in [0.1, 0.15) is 57.2 Å². The van der Waals surface area contributed by atoms with Crippen molar-refractivity contribution >= 4 is 17.4 Å². The first-order valence-corrected chi connectivity index (χ1v) is 9.38. The quantitative estimate of drug-likeness (QED) is 0.310. The second-order valence-corrected chi connectivity index (χ2v) is 6.29. The molecule has 0 spiro atoms. The Hall–Kier alpha value is -2.56. The number of nitrogens with two attached hydrogens (primary N) is 1. The summed E-state index contributed by atoms with van der Waals surface area (Å²) in [4.78, 5) is 17.3. The first kappa shape index (κ1) is 22.5. The average Bonchev–Trinajstić information content (AvgIpc) is 2.64. The molecule has 0 radical (unpaired) electrons. The van der Waals surface area contributed by atoms with Crippen molar-refractivity contribution in [2.75, 3.05) is 13.7 Å². The lowest BCUT2D eigenvalue weighted by atomic mass is 9.95. The molecule has 1 rings (SSSR count). The van der Waals surface area contributed by atoms with Crippen LogP contribution in [0, 0.1) is 13.8 Å². The summed E-state index contributed by atoms with van der Waals surface area (Å²) in [6, 6.07) is 3.89. The van der Waals surface area contributed by atoms with Crippen molar-refractivity contribution in [1.29, 1.82) is 0 Å². The zero-order valence-corrected chi connectivity index (χ0v) is 17.6. The first-order chi connectivity index (χ1) is 12.8. The fourth-order valence-electron chi connectivity index (χ4n) is 2.78. The summed E-state index contributed by atoms with van der Waals surface area (Å²) < 4.78 is 10.7. The predicted molar refractivity (Wildman–Crippen MR) is 112 cm³/mol. The van der Waals surface area contributed by atoms with Crippen LogP contribution in [0.4, 0.5) is 0 Å². The highest BCUT2D eigenvalue weighted by molar-refractivity contribution is 5.98. The van der Waals surface area contributed by atoms with E-state index >= 15 is 0 Å². The Morgan fingerprint density at radius 1 is 1.22 bits per heavy atom. The largest absolute Gasteiger partial charge is 0.496 e. The number of hydrogen-bond donors (Lipinski definition) is 1. The van der Waals surface area contributed by atoms with Crippen LogP contribution in [0.25, 0.3) is 5.70 Å². The Bertz CT molecular complexity index is 774. The van der Waals surface area contributed by atoms with Crippen LogP contribution in [0.3, 0.4) is 0 Å². The number of aryl methyl sites for hydroxylation is 1. The van der Waals surface area contributed by atoms with Gasteiger partial charge in [-0.15, -0.1) is 0 Å². The SMILES string of the molecule is CC/C=C(C(=O)OCC)/C(N)=C(\N=C(C)CC)c1c(C)ccc(OC)c1C. The lowest BCUT2D eigenvalue weighted by Crippen LogP contribution is -2.17. The maximum absolute atomic E-state index is 12.5. The number of nitrogens with zero attached hydrogens (tertiary/aromatic N) is 1. The molecule has 0 saturated heterocycles.